The van der Waals surface area contributed by atoms with Crippen LogP contribution in [0.25, 0.3) is 16.9 Å². The summed E-state index contributed by atoms with van der Waals surface area (Å²) in [6.07, 6.45) is 6.18. The van der Waals surface area contributed by atoms with Crippen LogP contribution in [0, 0.1) is 0 Å². The van der Waals surface area contributed by atoms with Gasteiger partial charge in [-0.2, -0.15) is 0 Å². The molecule has 0 unspecified atom stereocenters. The fourth-order valence-electron chi connectivity index (χ4n) is 4.13. The van der Waals surface area contributed by atoms with Crippen molar-refractivity contribution in [2.45, 2.75) is 38.0 Å². The van der Waals surface area contributed by atoms with Crippen LogP contribution in [0.4, 0.5) is 0 Å². The van der Waals surface area contributed by atoms with Gasteiger partial charge in [0.05, 0.1) is 5.69 Å². The van der Waals surface area contributed by atoms with E-state index in [9.17, 15) is 19.5 Å². The molecule has 0 atom stereocenters. The van der Waals surface area contributed by atoms with Crippen molar-refractivity contribution in [2.24, 2.45) is 0 Å². The predicted molar refractivity (Wildman–Crippen MR) is 112 cm³/mol. The lowest BCUT2D eigenvalue weighted by atomic mass is 9.84. The van der Waals surface area contributed by atoms with Crippen LogP contribution in [-0.4, -0.2) is 50.6 Å². The lowest BCUT2D eigenvalue weighted by Gasteiger charge is -2.22. The van der Waals surface area contributed by atoms with Gasteiger partial charge in [0.15, 0.2) is 5.65 Å². The smallest absolute Gasteiger partial charge is 0.341 e. The molecule has 0 radical (unpaired) electrons. The van der Waals surface area contributed by atoms with Gasteiger partial charge in [0.1, 0.15) is 11.3 Å². The van der Waals surface area contributed by atoms with Gasteiger partial charge >= 0.3 is 5.97 Å². The normalized spacial score (nSPS) is 14.7. The fraction of sp³-hybridized carbons (Fsp3) is 0.364. The van der Waals surface area contributed by atoms with Crippen LogP contribution in [0.15, 0.2) is 35.1 Å². The number of carbonyl (C=O) groups is 2. The Morgan fingerprint density at radius 3 is 2.40 bits per heavy atom. The minimum absolute atomic E-state index is 0.0773. The molecule has 0 saturated heterocycles. The van der Waals surface area contributed by atoms with Crippen LogP contribution in [0.3, 0.4) is 0 Å². The van der Waals surface area contributed by atoms with Gasteiger partial charge in [-0.25, -0.2) is 14.3 Å². The number of H-pyrrole nitrogens is 1. The molecule has 8 nitrogen and oxygen atoms in total. The number of aromatic nitrogens is 3. The maximum atomic E-state index is 12.6. The maximum Gasteiger partial charge on any atom is 0.341 e. The van der Waals surface area contributed by atoms with E-state index in [0.29, 0.717) is 11.6 Å². The molecule has 1 fully saturated rings. The quantitative estimate of drug-likeness (QED) is 0.690. The van der Waals surface area contributed by atoms with Crippen molar-refractivity contribution in [1.29, 1.82) is 0 Å². The molecular weight excluding hydrogens is 384 g/mol. The van der Waals surface area contributed by atoms with Crippen LogP contribution in [-0.2, 0) is 0 Å². The van der Waals surface area contributed by atoms with Crippen molar-refractivity contribution in [3.05, 3.63) is 57.5 Å². The number of aromatic carboxylic acids is 1. The Morgan fingerprint density at radius 2 is 1.80 bits per heavy atom. The van der Waals surface area contributed by atoms with Crippen LogP contribution < -0.4 is 5.56 Å². The Bertz CT molecular complexity index is 1170. The molecule has 8 heteroatoms. The Hall–Kier alpha value is -3.42. The first kappa shape index (κ1) is 19.9. The molecule has 0 spiro atoms. The first-order valence-electron chi connectivity index (χ1n) is 10.1. The molecule has 2 N–H and O–H groups in total. The van der Waals surface area contributed by atoms with Gasteiger partial charge < -0.3 is 10.0 Å². The van der Waals surface area contributed by atoms with E-state index in [1.807, 2.05) is 12.1 Å². The average Bonchev–Trinajstić information content (AvgIpc) is 3.14. The van der Waals surface area contributed by atoms with Gasteiger partial charge in [0.25, 0.3) is 11.5 Å². The van der Waals surface area contributed by atoms with Crippen LogP contribution in [0.5, 0.6) is 0 Å². The molecule has 156 valence electrons. The zero-order valence-corrected chi connectivity index (χ0v) is 17.0. The summed E-state index contributed by atoms with van der Waals surface area (Å²) in [7, 11) is 3.02. The number of hydrogen-bond donors (Lipinski definition) is 2. The van der Waals surface area contributed by atoms with Gasteiger partial charge in [-0.3, -0.25) is 14.7 Å². The molecule has 1 aliphatic carbocycles. The number of fused-ring (bicyclic) bond motifs is 1. The molecule has 1 aliphatic rings. The molecule has 0 aliphatic heterocycles. The van der Waals surface area contributed by atoms with E-state index in [1.54, 1.807) is 0 Å². The fourth-order valence-corrected chi connectivity index (χ4v) is 4.13. The van der Waals surface area contributed by atoms with Gasteiger partial charge in [0.2, 0.25) is 0 Å². The largest absolute Gasteiger partial charge is 0.477 e. The number of carboxylic acids is 1. The summed E-state index contributed by atoms with van der Waals surface area (Å²) in [4.78, 5) is 42.5. The second-order valence-electron chi connectivity index (χ2n) is 7.96. The molecule has 2 heterocycles. The maximum absolute atomic E-state index is 12.6. The number of carbonyl (C=O) groups excluding carboxylic acids is 1. The highest BCUT2D eigenvalue weighted by Gasteiger charge is 2.26. The van der Waals surface area contributed by atoms with Gasteiger partial charge in [-0.05, 0) is 24.3 Å². The van der Waals surface area contributed by atoms with Crippen LogP contribution >= 0.6 is 0 Å². The summed E-state index contributed by atoms with van der Waals surface area (Å²) in [6.45, 7) is 0. The Morgan fingerprint density at radius 1 is 1.13 bits per heavy atom. The molecular formula is C22H24N4O4. The van der Waals surface area contributed by atoms with E-state index in [0.717, 1.165) is 10.1 Å². The molecule has 0 bridgehead atoms. The number of nitrogens with one attached hydrogen (secondary N) is 1. The lowest BCUT2D eigenvalue weighted by Crippen LogP contribution is -2.24. The van der Waals surface area contributed by atoms with Gasteiger partial charge in [-0.15, -0.1) is 0 Å². The molecule has 2 aromatic heterocycles. The number of carboxylic acid groups (broad SMARTS) is 1. The van der Waals surface area contributed by atoms with Crippen LogP contribution in [0.2, 0.25) is 0 Å². The van der Waals surface area contributed by atoms with Gasteiger partial charge in [0, 0.05) is 25.7 Å². The van der Waals surface area contributed by atoms with Crippen molar-refractivity contribution >= 4 is 17.5 Å². The number of amides is 1. The molecule has 1 amide bonds. The number of nitrogens with zero attached hydrogens (tertiary/aromatic N) is 3. The Balaban J connectivity index is 1.79. The van der Waals surface area contributed by atoms with Crippen molar-refractivity contribution in [3.8, 4) is 11.3 Å². The number of hydrogen-bond acceptors (Lipinski definition) is 4. The summed E-state index contributed by atoms with van der Waals surface area (Å²) in [5, 5.41) is 12.3. The first-order chi connectivity index (χ1) is 14.4. The predicted octanol–water partition coefficient (Wildman–Crippen LogP) is 3.14. The summed E-state index contributed by atoms with van der Waals surface area (Å²) < 4.78 is 1.00. The molecule has 4 rings (SSSR count). The standard InChI is InChI=1S/C22H24N4O4/c1-25(2)21(28)19-18(22(29)30)20-23-16(12-17(27)26(20)24-19)15-10-8-14(9-11-15)13-6-4-3-5-7-13/h8-13,24H,3-7H2,1-2H3,(H,29,30). The highest BCUT2D eigenvalue weighted by atomic mass is 16.4. The Labute approximate surface area is 173 Å². The Kier molecular flexibility index (Phi) is 5.15. The third-order valence-electron chi connectivity index (χ3n) is 5.73. The van der Waals surface area contributed by atoms with Crippen molar-refractivity contribution in [1.82, 2.24) is 19.5 Å². The lowest BCUT2D eigenvalue weighted by molar-refractivity contribution is 0.0686. The van der Waals surface area contributed by atoms with E-state index in [4.69, 9.17) is 0 Å². The zero-order chi connectivity index (χ0) is 21.4. The summed E-state index contributed by atoms with van der Waals surface area (Å²) in [5.74, 6) is -1.30. The minimum Gasteiger partial charge on any atom is -0.477 e. The highest BCUT2D eigenvalue weighted by molar-refractivity contribution is 6.07. The summed E-state index contributed by atoms with van der Waals surface area (Å²) in [6, 6.07) is 9.30. The summed E-state index contributed by atoms with van der Waals surface area (Å²) >= 11 is 0. The number of benzene rings is 1. The molecule has 30 heavy (non-hydrogen) atoms. The third kappa shape index (κ3) is 3.49. The second kappa shape index (κ2) is 7.78. The number of aromatic amines is 1. The third-order valence-corrected chi connectivity index (χ3v) is 5.73. The van der Waals surface area contributed by atoms with Crippen molar-refractivity contribution in [3.63, 3.8) is 0 Å². The average molecular weight is 408 g/mol. The van der Waals surface area contributed by atoms with E-state index < -0.39 is 17.4 Å². The molecule has 3 aromatic rings. The van der Waals surface area contributed by atoms with E-state index in [-0.39, 0.29) is 16.9 Å². The monoisotopic (exact) mass is 408 g/mol. The minimum atomic E-state index is -1.32. The van der Waals surface area contributed by atoms with Crippen LogP contribution in [0.1, 0.15) is 64.4 Å². The number of rotatable bonds is 4. The SMILES string of the molecule is CN(C)C(=O)c1[nH]n2c(=O)cc(-c3ccc(C4CCCCC4)cc3)nc2c1C(=O)O. The summed E-state index contributed by atoms with van der Waals surface area (Å²) in [5.41, 5.74) is 1.34. The van der Waals surface area contributed by atoms with E-state index in [1.165, 1.54) is 62.7 Å². The molecule has 1 aromatic carbocycles. The van der Waals surface area contributed by atoms with E-state index >= 15 is 0 Å². The van der Waals surface area contributed by atoms with Crippen molar-refractivity contribution < 1.29 is 14.7 Å². The second-order valence-corrected chi connectivity index (χ2v) is 7.96. The van der Waals surface area contributed by atoms with Crippen molar-refractivity contribution in [2.75, 3.05) is 14.1 Å². The first-order valence-corrected chi connectivity index (χ1v) is 10.1. The zero-order valence-electron chi connectivity index (χ0n) is 17.0. The molecule has 1 saturated carbocycles. The topological polar surface area (TPSA) is 108 Å². The van der Waals surface area contributed by atoms with E-state index in [2.05, 4.69) is 22.2 Å². The highest BCUT2D eigenvalue weighted by Crippen LogP contribution is 2.33. The van der Waals surface area contributed by atoms with Gasteiger partial charge in [-0.1, -0.05) is 43.5 Å².